The van der Waals surface area contributed by atoms with Gasteiger partial charge in [0.05, 0.1) is 5.69 Å². The van der Waals surface area contributed by atoms with E-state index >= 15 is 0 Å². The quantitative estimate of drug-likeness (QED) is 0.488. The van der Waals surface area contributed by atoms with Crippen LogP contribution in [0.5, 0.6) is 17.2 Å². The van der Waals surface area contributed by atoms with Crippen LogP contribution >= 0.6 is 0 Å². The van der Waals surface area contributed by atoms with E-state index in [1.807, 2.05) is 80.6 Å². The van der Waals surface area contributed by atoms with Crippen LogP contribution in [0.25, 0.3) is 5.69 Å². The molecule has 0 amide bonds. The fraction of sp³-hybridized carbons (Fsp3) is 0.174. The number of ether oxygens (including phenoxy) is 2. The van der Waals surface area contributed by atoms with Crippen molar-refractivity contribution in [2.45, 2.75) is 20.5 Å². The number of nitrogens with zero attached hydrogens (tertiary/aromatic N) is 4. The van der Waals surface area contributed by atoms with E-state index in [0.29, 0.717) is 12.3 Å². The lowest BCUT2D eigenvalue weighted by Crippen LogP contribution is -2.23. The minimum Gasteiger partial charge on any atom is -0.489 e. The van der Waals surface area contributed by atoms with Crippen LogP contribution in [0.1, 0.15) is 16.7 Å². The molecular weight excluding hydrogens is 380 g/mol. The fourth-order valence-electron chi connectivity index (χ4n) is 3.16. The van der Waals surface area contributed by atoms with Crippen molar-refractivity contribution in [3.8, 4) is 22.9 Å². The molecule has 4 aromatic rings. The van der Waals surface area contributed by atoms with Crippen molar-refractivity contribution >= 4 is 0 Å². The molecule has 0 aliphatic carbocycles. The van der Waals surface area contributed by atoms with Crippen LogP contribution in [0.4, 0.5) is 0 Å². The molecule has 0 spiro atoms. The minimum atomic E-state index is -0.305. The highest BCUT2D eigenvalue weighted by atomic mass is 16.5. The van der Waals surface area contributed by atoms with Crippen LogP contribution in [0, 0.1) is 13.8 Å². The number of tetrazole rings is 1. The third-order valence-corrected chi connectivity index (χ3v) is 4.83. The first-order valence-corrected chi connectivity index (χ1v) is 9.57. The van der Waals surface area contributed by atoms with Gasteiger partial charge < -0.3 is 9.47 Å². The van der Waals surface area contributed by atoms with E-state index in [2.05, 4.69) is 10.4 Å². The third kappa shape index (κ3) is 3.96. The minimum absolute atomic E-state index is 0.296. The predicted octanol–water partition coefficient (Wildman–Crippen LogP) is 3.95. The van der Waals surface area contributed by atoms with Crippen LogP contribution < -0.4 is 15.2 Å². The largest absolute Gasteiger partial charge is 0.489 e. The van der Waals surface area contributed by atoms with E-state index in [0.717, 1.165) is 33.9 Å². The van der Waals surface area contributed by atoms with Gasteiger partial charge >= 0.3 is 5.69 Å². The summed E-state index contributed by atoms with van der Waals surface area (Å²) in [5.74, 6) is 2.27. The van der Waals surface area contributed by atoms with E-state index in [1.54, 1.807) is 7.05 Å². The Bertz CT molecular complexity index is 1230. The molecule has 0 fully saturated rings. The summed E-state index contributed by atoms with van der Waals surface area (Å²) in [7, 11) is 1.57. The van der Waals surface area contributed by atoms with Gasteiger partial charge in [0.1, 0.15) is 23.9 Å². The molecule has 0 saturated heterocycles. The highest BCUT2D eigenvalue weighted by molar-refractivity contribution is 5.46. The molecule has 30 heavy (non-hydrogen) atoms. The van der Waals surface area contributed by atoms with Gasteiger partial charge in [-0.15, -0.1) is 0 Å². The number of hydrogen-bond donors (Lipinski definition) is 0. The first kappa shape index (κ1) is 19.4. The van der Waals surface area contributed by atoms with Gasteiger partial charge in [0.25, 0.3) is 0 Å². The second-order valence-electron chi connectivity index (χ2n) is 7.00. The van der Waals surface area contributed by atoms with Crippen molar-refractivity contribution in [1.82, 2.24) is 19.8 Å². The Kier molecular flexibility index (Phi) is 5.34. The Morgan fingerprint density at radius 3 is 2.37 bits per heavy atom. The fourth-order valence-corrected chi connectivity index (χ4v) is 3.16. The lowest BCUT2D eigenvalue weighted by Gasteiger charge is -2.15. The summed E-state index contributed by atoms with van der Waals surface area (Å²) in [6.07, 6.45) is 0. The van der Waals surface area contributed by atoms with Gasteiger partial charge in [-0.05, 0) is 71.8 Å². The Morgan fingerprint density at radius 2 is 1.67 bits per heavy atom. The summed E-state index contributed by atoms with van der Waals surface area (Å²) in [6, 6.07) is 21.0. The second kappa shape index (κ2) is 8.24. The molecule has 0 unspecified atom stereocenters. The number of benzene rings is 3. The molecule has 0 radical (unpaired) electrons. The van der Waals surface area contributed by atoms with Crippen molar-refractivity contribution < 1.29 is 9.47 Å². The number of para-hydroxylation sites is 1. The summed E-state index contributed by atoms with van der Waals surface area (Å²) < 4.78 is 14.5. The van der Waals surface area contributed by atoms with Gasteiger partial charge in [-0.2, -0.15) is 9.36 Å². The van der Waals surface area contributed by atoms with Gasteiger partial charge in [0, 0.05) is 12.6 Å². The summed E-state index contributed by atoms with van der Waals surface area (Å²) in [4.78, 5) is 12.3. The molecule has 3 aromatic carbocycles. The second-order valence-corrected chi connectivity index (χ2v) is 7.00. The molecule has 4 rings (SSSR count). The molecule has 7 nitrogen and oxygen atoms in total. The molecular formula is C23H22N4O3. The van der Waals surface area contributed by atoms with Gasteiger partial charge in [-0.1, -0.05) is 30.3 Å². The Labute approximate surface area is 174 Å². The zero-order valence-corrected chi connectivity index (χ0v) is 17.1. The van der Waals surface area contributed by atoms with Gasteiger partial charge in [0.2, 0.25) is 0 Å². The molecule has 152 valence electrons. The molecule has 0 bridgehead atoms. The van der Waals surface area contributed by atoms with Crippen LogP contribution in [0.15, 0.2) is 71.5 Å². The van der Waals surface area contributed by atoms with E-state index in [-0.39, 0.29) is 5.69 Å². The molecule has 0 N–H and O–H groups in total. The number of aromatic nitrogens is 4. The van der Waals surface area contributed by atoms with Crippen LogP contribution in [-0.4, -0.2) is 19.8 Å². The molecule has 0 atom stereocenters. The molecule has 0 saturated carbocycles. The molecule has 7 heteroatoms. The Morgan fingerprint density at radius 1 is 0.867 bits per heavy atom. The lowest BCUT2D eigenvalue weighted by atomic mass is 10.1. The molecule has 0 aliphatic rings. The maximum absolute atomic E-state index is 12.3. The topological polar surface area (TPSA) is 71.2 Å². The zero-order valence-electron chi connectivity index (χ0n) is 17.1. The Balaban J connectivity index is 1.55. The molecule has 1 heterocycles. The van der Waals surface area contributed by atoms with E-state index in [9.17, 15) is 4.79 Å². The zero-order chi connectivity index (χ0) is 21.1. The first-order chi connectivity index (χ1) is 14.5. The SMILES string of the molecule is Cc1cc(Oc2ccccc2)ccc1OCc1c(C)cccc1-n1nnn(C)c1=O. The van der Waals surface area contributed by atoms with Crippen molar-refractivity contribution in [1.29, 1.82) is 0 Å². The van der Waals surface area contributed by atoms with E-state index < -0.39 is 0 Å². The molecule has 1 aromatic heterocycles. The van der Waals surface area contributed by atoms with E-state index in [4.69, 9.17) is 9.47 Å². The highest BCUT2D eigenvalue weighted by Gasteiger charge is 2.14. The third-order valence-electron chi connectivity index (χ3n) is 4.83. The number of rotatable bonds is 6. The summed E-state index contributed by atoms with van der Waals surface area (Å²) in [6.45, 7) is 4.25. The maximum atomic E-state index is 12.3. The van der Waals surface area contributed by atoms with Crippen LogP contribution in [0.3, 0.4) is 0 Å². The van der Waals surface area contributed by atoms with Crippen molar-refractivity contribution in [3.63, 3.8) is 0 Å². The summed E-state index contributed by atoms with van der Waals surface area (Å²) in [5, 5.41) is 7.76. The van der Waals surface area contributed by atoms with Crippen molar-refractivity contribution in [2.75, 3.05) is 0 Å². The summed E-state index contributed by atoms with van der Waals surface area (Å²) in [5.41, 5.74) is 3.20. The van der Waals surface area contributed by atoms with Gasteiger partial charge in [-0.25, -0.2) is 4.79 Å². The first-order valence-electron chi connectivity index (χ1n) is 9.57. The van der Waals surface area contributed by atoms with Gasteiger partial charge in [0.15, 0.2) is 0 Å². The van der Waals surface area contributed by atoms with Crippen LogP contribution in [0.2, 0.25) is 0 Å². The number of hydrogen-bond acceptors (Lipinski definition) is 5. The normalized spacial score (nSPS) is 10.8. The average molecular weight is 402 g/mol. The Hall–Kier alpha value is -3.87. The highest BCUT2D eigenvalue weighted by Crippen LogP contribution is 2.28. The lowest BCUT2D eigenvalue weighted by molar-refractivity contribution is 0.302. The predicted molar refractivity (Wildman–Crippen MR) is 113 cm³/mol. The standard InChI is InChI=1S/C23H22N4O3/c1-16-8-7-11-21(27-23(28)26(3)24-25-27)20(16)15-29-22-13-12-19(14-17(22)2)30-18-9-5-4-6-10-18/h4-14H,15H2,1-3H3. The average Bonchev–Trinajstić information content (AvgIpc) is 3.07. The smallest absolute Gasteiger partial charge is 0.368 e. The van der Waals surface area contributed by atoms with Crippen molar-refractivity contribution in [2.24, 2.45) is 7.05 Å². The van der Waals surface area contributed by atoms with E-state index in [1.165, 1.54) is 9.36 Å². The number of aryl methyl sites for hydroxylation is 3. The van der Waals surface area contributed by atoms with Gasteiger partial charge in [-0.3, -0.25) is 0 Å². The maximum Gasteiger partial charge on any atom is 0.368 e. The monoisotopic (exact) mass is 402 g/mol. The molecule has 0 aliphatic heterocycles. The summed E-state index contributed by atoms with van der Waals surface area (Å²) >= 11 is 0. The van der Waals surface area contributed by atoms with Crippen molar-refractivity contribution in [3.05, 3.63) is 93.9 Å². The van der Waals surface area contributed by atoms with Crippen LogP contribution in [-0.2, 0) is 13.7 Å².